The summed E-state index contributed by atoms with van der Waals surface area (Å²) in [6, 6.07) is 0. The van der Waals surface area contributed by atoms with E-state index in [1.54, 1.807) is 0 Å². The first-order valence-corrected chi connectivity index (χ1v) is 4.08. The van der Waals surface area contributed by atoms with Crippen LogP contribution in [0.15, 0.2) is 0 Å². The van der Waals surface area contributed by atoms with Crippen LogP contribution in [-0.4, -0.2) is 12.5 Å². The molecule has 0 heterocycles. The van der Waals surface area contributed by atoms with Crippen molar-refractivity contribution < 1.29 is 39.5 Å². The van der Waals surface area contributed by atoms with Gasteiger partial charge in [0.15, 0.2) is 0 Å². The number of hydrogen-bond donors (Lipinski definition) is 1. The summed E-state index contributed by atoms with van der Waals surface area (Å²) < 4.78 is 0. The maximum Gasteiger partial charge on any atom is 1.00 e. The molecule has 0 saturated heterocycles. The zero-order chi connectivity index (χ0) is 8.32. The number of aliphatic carboxylic acids is 1. The molecular formula is C8H14NNaO2. The molecule has 64 valence electrons. The molecule has 0 radical (unpaired) electrons. The van der Waals surface area contributed by atoms with Crippen LogP contribution in [0.1, 0.15) is 32.1 Å². The van der Waals surface area contributed by atoms with E-state index in [9.17, 15) is 9.90 Å². The molecule has 0 amide bonds. The van der Waals surface area contributed by atoms with Gasteiger partial charge in [-0.2, -0.15) is 0 Å². The van der Waals surface area contributed by atoms with Gasteiger partial charge in [-0.3, -0.25) is 0 Å². The Kier molecular flexibility index (Phi) is 5.41. The van der Waals surface area contributed by atoms with Crippen molar-refractivity contribution in [2.45, 2.75) is 32.1 Å². The van der Waals surface area contributed by atoms with Crippen molar-refractivity contribution in [1.29, 1.82) is 0 Å². The van der Waals surface area contributed by atoms with E-state index in [2.05, 4.69) is 0 Å². The second-order valence-corrected chi connectivity index (χ2v) is 3.46. The smallest absolute Gasteiger partial charge is 0.550 e. The molecule has 1 saturated carbocycles. The number of nitrogens with two attached hydrogens (primary N) is 1. The molecule has 0 bridgehead atoms. The SMILES string of the molecule is NCC1(CC(=O)[O-])CCCC1.[Na+]. The average molecular weight is 179 g/mol. The Labute approximate surface area is 95.0 Å². The Balaban J connectivity index is 0.00000121. The molecule has 0 aromatic carbocycles. The first-order valence-electron chi connectivity index (χ1n) is 4.08. The van der Waals surface area contributed by atoms with E-state index < -0.39 is 5.97 Å². The normalized spacial score (nSPS) is 20.1. The molecule has 0 aliphatic heterocycles. The summed E-state index contributed by atoms with van der Waals surface area (Å²) in [4.78, 5) is 10.4. The maximum absolute atomic E-state index is 10.4. The van der Waals surface area contributed by atoms with Crippen molar-refractivity contribution in [3.05, 3.63) is 0 Å². The van der Waals surface area contributed by atoms with Crippen molar-refractivity contribution in [3.8, 4) is 0 Å². The van der Waals surface area contributed by atoms with Crippen LogP contribution in [0.3, 0.4) is 0 Å². The van der Waals surface area contributed by atoms with E-state index in [4.69, 9.17) is 5.73 Å². The molecule has 12 heavy (non-hydrogen) atoms. The monoisotopic (exact) mass is 179 g/mol. The van der Waals surface area contributed by atoms with E-state index >= 15 is 0 Å². The minimum absolute atomic E-state index is 0. The van der Waals surface area contributed by atoms with Gasteiger partial charge in [-0.1, -0.05) is 12.8 Å². The average Bonchev–Trinajstić information content (AvgIpc) is 2.36. The predicted octanol–water partition coefficient (Wildman–Crippen LogP) is -3.35. The molecular weight excluding hydrogens is 165 g/mol. The number of carbonyl (C=O) groups excluding carboxylic acids is 1. The molecule has 1 aliphatic carbocycles. The van der Waals surface area contributed by atoms with Gasteiger partial charge in [-0.15, -0.1) is 0 Å². The van der Waals surface area contributed by atoms with E-state index in [0.29, 0.717) is 6.54 Å². The summed E-state index contributed by atoms with van der Waals surface area (Å²) in [7, 11) is 0. The number of hydrogen-bond acceptors (Lipinski definition) is 3. The molecule has 1 aliphatic rings. The van der Waals surface area contributed by atoms with Crippen molar-refractivity contribution >= 4 is 5.97 Å². The third-order valence-electron chi connectivity index (χ3n) is 2.62. The van der Waals surface area contributed by atoms with Crippen LogP contribution in [0.2, 0.25) is 0 Å². The zero-order valence-electron chi connectivity index (χ0n) is 7.64. The van der Waals surface area contributed by atoms with E-state index in [1.807, 2.05) is 0 Å². The van der Waals surface area contributed by atoms with Crippen LogP contribution in [-0.2, 0) is 4.79 Å². The molecule has 1 fully saturated rings. The van der Waals surface area contributed by atoms with Gasteiger partial charge in [0.1, 0.15) is 0 Å². The van der Waals surface area contributed by atoms with Crippen molar-refractivity contribution in [2.75, 3.05) is 6.54 Å². The van der Waals surface area contributed by atoms with Crippen LogP contribution in [0.25, 0.3) is 0 Å². The number of carboxylic acids is 1. The fourth-order valence-corrected chi connectivity index (χ4v) is 1.88. The Morgan fingerprint density at radius 1 is 1.42 bits per heavy atom. The third kappa shape index (κ3) is 3.05. The number of carbonyl (C=O) groups is 1. The minimum Gasteiger partial charge on any atom is -0.550 e. The summed E-state index contributed by atoms with van der Waals surface area (Å²) in [5.74, 6) is -0.961. The Hall–Kier alpha value is 0.430. The zero-order valence-corrected chi connectivity index (χ0v) is 9.64. The Bertz CT molecular complexity index is 155. The molecule has 0 aromatic heterocycles. The van der Waals surface area contributed by atoms with Crippen LogP contribution < -0.4 is 40.4 Å². The van der Waals surface area contributed by atoms with Crippen molar-refractivity contribution in [1.82, 2.24) is 0 Å². The molecule has 0 unspecified atom stereocenters. The van der Waals surface area contributed by atoms with Crippen LogP contribution in [0.4, 0.5) is 0 Å². The summed E-state index contributed by atoms with van der Waals surface area (Å²) in [5.41, 5.74) is 5.40. The minimum atomic E-state index is -0.961. The molecule has 1 rings (SSSR count). The Morgan fingerprint density at radius 2 is 1.92 bits per heavy atom. The second-order valence-electron chi connectivity index (χ2n) is 3.46. The fourth-order valence-electron chi connectivity index (χ4n) is 1.88. The number of rotatable bonds is 3. The van der Waals surface area contributed by atoms with Gasteiger partial charge in [0, 0.05) is 5.97 Å². The standard InChI is InChI=1S/C8H15NO2.Na/c9-6-8(5-7(10)11)3-1-2-4-8;/h1-6,9H2,(H,10,11);/q;+1/p-1. The quantitative estimate of drug-likeness (QED) is 0.460. The van der Waals surface area contributed by atoms with Gasteiger partial charge >= 0.3 is 29.6 Å². The molecule has 4 heteroatoms. The summed E-state index contributed by atoms with van der Waals surface area (Å²) >= 11 is 0. The topological polar surface area (TPSA) is 66.2 Å². The van der Waals surface area contributed by atoms with Crippen molar-refractivity contribution in [3.63, 3.8) is 0 Å². The molecule has 2 N–H and O–H groups in total. The van der Waals surface area contributed by atoms with Crippen molar-refractivity contribution in [2.24, 2.45) is 11.1 Å². The van der Waals surface area contributed by atoms with Crippen LogP contribution in [0.5, 0.6) is 0 Å². The first kappa shape index (κ1) is 12.4. The summed E-state index contributed by atoms with van der Waals surface area (Å²) in [5, 5.41) is 10.4. The maximum atomic E-state index is 10.4. The fraction of sp³-hybridized carbons (Fsp3) is 0.875. The van der Waals surface area contributed by atoms with Gasteiger partial charge in [-0.05, 0) is 31.2 Å². The third-order valence-corrected chi connectivity index (χ3v) is 2.62. The van der Waals surface area contributed by atoms with Gasteiger partial charge in [0.05, 0.1) is 0 Å². The number of carboxylic acid groups (broad SMARTS) is 1. The molecule has 0 atom stereocenters. The van der Waals surface area contributed by atoms with E-state index in [1.165, 1.54) is 0 Å². The van der Waals surface area contributed by atoms with E-state index in [0.717, 1.165) is 25.7 Å². The molecule has 0 aromatic rings. The van der Waals surface area contributed by atoms with Gasteiger partial charge < -0.3 is 15.6 Å². The largest absolute Gasteiger partial charge is 1.00 e. The predicted molar refractivity (Wildman–Crippen MR) is 39.6 cm³/mol. The summed E-state index contributed by atoms with van der Waals surface area (Å²) in [6.07, 6.45) is 4.29. The summed E-state index contributed by atoms with van der Waals surface area (Å²) in [6.45, 7) is 0.487. The van der Waals surface area contributed by atoms with Gasteiger partial charge in [-0.25, -0.2) is 0 Å². The Morgan fingerprint density at radius 3 is 2.25 bits per heavy atom. The molecule has 0 spiro atoms. The van der Waals surface area contributed by atoms with Gasteiger partial charge in [0.2, 0.25) is 0 Å². The van der Waals surface area contributed by atoms with Gasteiger partial charge in [0.25, 0.3) is 0 Å². The van der Waals surface area contributed by atoms with E-state index in [-0.39, 0.29) is 41.4 Å². The molecule has 3 nitrogen and oxygen atoms in total. The van der Waals surface area contributed by atoms with Crippen LogP contribution in [0, 0.1) is 5.41 Å². The first-order chi connectivity index (χ1) is 5.18. The van der Waals surface area contributed by atoms with Crippen LogP contribution >= 0.6 is 0 Å². The second kappa shape index (κ2) is 5.22.